The van der Waals surface area contributed by atoms with Crippen LogP contribution in [0.1, 0.15) is 11.1 Å². The van der Waals surface area contributed by atoms with Crippen LogP contribution in [-0.2, 0) is 4.79 Å². The van der Waals surface area contributed by atoms with Crippen molar-refractivity contribution in [3.8, 4) is 0 Å². The summed E-state index contributed by atoms with van der Waals surface area (Å²) >= 11 is 0. The zero-order valence-corrected chi connectivity index (χ0v) is 12.9. The van der Waals surface area contributed by atoms with Crippen LogP contribution in [-0.4, -0.2) is 5.91 Å². The van der Waals surface area contributed by atoms with Crippen LogP contribution < -0.4 is 5.32 Å². The summed E-state index contributed by atoms with van der Waals surface area (Å²) in [6, 6.07) is 25.2. The standard InChI is InChI=1S/C21H16FNO/c22-18-11-13-19(14-12-18)23-21(24)15-20(16-7-3-1-4-8-16)17-9-5-2-6-10-17/h1-15H,(H,23,24). The van der Waals surface area contributed by atoms with Crippen LogP contribution in [0.25, 0.3) is 5.57 Å². The molecule has 0 fully saturated rings. The lowest BCUT2D eigenvalue weighted by molar-refractivity contribution is -0.111. The Balaban J connectivity index is 1.91. The van der Waals surface area contributed by atoms with Crippen molar-refractivity contribution in [1.82, 2.24) is 0 Å². The molecule has 3 rings (SSSR count). The average molecular weight is 317 g/mol. The first-order valence-electron chi connectivity index (χ1n) is 7.61. The zero-order valence-electron chi connectivity index (χ0n) is 12.9. The maximum Gasteiger partial charge on any atom is 0.249 e. The van der Waals surface area contributed by atoms with Gasteiger partial charge in [-0.25, -0.2) is 4.39 Å². The van der Waals surface area contributed by atoms with Crippen LogP contribution in [0.5, 0.6) is 0 Å². The largest absolute Gasteiger partial charge is 0.322 e. The lowest BCUT2D eigenvalue weighted by Crippen LogP contribution is -2.09. The van der Waals surface area contributed by atoms with Crippen molar-refractivity contribution in [2.24, 2.45) is 0 Å². The fourth-order valence-electron chi connectivity index (χ4n) is 2.41. The fraction of sp³-hybridized carbons (Fsp3) is 0. The van der Waals surface area contributed by atoms with Crippen molar-refractivity contribution in [2.45, 2.75) is 0 Å². The quantitative estimate of drug-likeness (QED) is 0.682. The molecule has 0 spiro atoms. The molecule has 0 saturated carbocycles. The van der Waals surface area contributed by atoms with Crippen LogP contribution >= 0.6 is 0 Å². The van der Waals surface area contributed by atoms with Crippen molar-refractivity contribution in [1.29, 1.82) is 0 Å². The fourth-order valence-corrected chi connectivity index (χ4v) is 2.41. The molecule has 3 heteroatoms. The van der Waals surface area contributed by atoms with Gasteiger partial charge < -0.3 is 5.32 Å². The van der Waals surface area contributed by atoms with E-state index in [9.17, 15) is 9.18 Å². The van der Waals surface area contributed by atoms with E-state index in [1.807, 2.05) is 60.7 Å². The van der Waals surface area contributed by atoms with Gasteiger partial charge in [-0.3, -0.25) is 4.79 Å². The topological polar surface area (TPSA) is 29.1 Å². The van der Waals surface area contributed by atoms with Gasteiger partial charge in [0.25, 0.3) is 0 Å². The molecule has 1 amide bonds. The Morgan fingerprint density at radius 1 is 0.750 bits per heavy atom. The zero-order chi connectivity index (χ0) is 16.8. The van der Waals surface area contributed by atoms with E-state index in [1.54, 1.807) is 6.08 Å². The number of anilines is 1. The third kappa shape index (κ3) is 3.96. The smallest absolute Gasteiger partial charge is 0.249 e. The van der Waals surface area contributed by atoms with Crippen LogP contribution in [0, 0.1) is 5.82 Å². The summed E-state index contributed by atoms with van der Waals surface area (Å²) < 4.78 is 13.0. The first-order chi connectivity index (χ1) is 11.7. The number of benzene rings is 3. The minimum absolute atomic E-state index is 0.260. The summed E-state index contributed by atoms with van der Waals surface area (Å²) in [5.74, 6) is -0.595. The maximum atomic E-state index is 13.0. The predicted octanol–water partition coefficient (Wildman–Crippen LogP) is 4.90. The summed E-state index contributed by atoms with van der Waals surface area (Å²) in [4.78, 5) is 12.4. The van der Waals surface area contributed by atoms with Crippen molar-refractivity contribution < 1.29 is 9.18 Å². The highest BCUT2D eigenvalue weighted by molar-refractivity contribution is 6.06. The first kappa shape index (κ1) is 15.7. The van der Waals surface area contributed by atoms with Crippen molar-refractivity contribution in [2.75, 3.05) is 5.32 Å². The number of hydrogen-bond acceptors (Lipinski definition) is 1. The Labute approximate surface area is 140 Å². The summed E-state index contributed by atoms with van der Waals surface area (Å²) in [6.45, 7) is 0. The average Bonchev–Trinajstić information content (AvgIpc) is 2.63. The molecule has 118 valence electrons. The third-order valence-corrected chi connectivity index (χ3v) is 3.56. The van der Waals surface area contributed by atoms with Gasteiger partial charge in [0, 0.05) is 11.8 Å². The van der Waals surface area contributed by atoms with Gasteiger partial charge >= 0.3 is 0 Å². The summed E-state index contributed by atoms with van der Waals surface area (Å²) in [7, 11) is 0. The Hall–Kier alpha value is -3.20. The number of nitrogens with one attached hydrogen (secondary N) is 1. The van der Waals surface area contributed by atoms with Gasteiger partial charge in [-0.15, -0.1) is 0 Å². The molecule has 0 saturated heterocycles. The Morgan fingerprint density at radius 2 is 1.25 bits per heavy atom. The van der Waals surface area contributed by atoms with E-state index in [1.165, 1.54) is 24.3 Å². The molecule has 1 N–H and O–H groups in total. The number of amides is 1. The van der Waals surface area contributed by atoms with Gasteiger partial charge in [0.2, 0.25) is 5.91 Å². The van der Waals surface area contributed by atoms with Gasteiger partial charge in [-0.1, -0.05) is 60.7 Å². The molecule has 2 nitrogen and oxygen atoms in total. The van der Waals surface area contributed by atoms with Crippen LogP contribution in [0.15, 0.2) is 91.0 Å². The van der Waals surface area contributed by atoms with E-state index in [-0.39, 0.29) is 11.7 Å². The molecule has 0 bridgehead atoms. The number of carbonyl (C=O) groups excluding carboxylic acids is 1. The van der Waals surface area contributed by atoms with E-state index in [0.717, 1.165) is 16.7 Å². The lowest BCUT2D eigenvalue weighted by Gasteiger charge is -2.09. The van der Waals surface area contributed by atoms with Crippen LogP contribution in [0.2, 0.25) is 0 Å². The van der Waals surface area contributed by atoms with Crippen LogP contribution in [0.4, 0.5) is 10.1 Å². The molecule has 0 unspecified atom stereocenters. The molecule has 3 aromatic rings. The van der Waals surface area contributed by atoms with E-state index in [0.29, 0.717) is 5.69 Å². The SMILES string of the molecule is O=C(C=C(c1ccccc1)c1ccccc1)Nc1ccc(F)cc1. The molecule has 0 aliphatic carbocycles. The highest BCUT2D eigenvalue weighted by Crippen LogP contribution is 2.23. The second kappa shape index (κ2) is 7.38. The van der Waals surface area contributed by atoms with Gasteiger partial charge in [-0.2, -0.15) is 0 Å². The highest BCUT2D eigenvalue weighted by Gasteiger charge is 2.08. The van der Waals surface area contributed by atoms with Gasteiger partial charge in [0.15, 0.2) is 0 Å². The number of rotatable bonds is 4. The first-order valence-corrected chi connectivity index (χ1v) is 7.61. The maximum absolute atomic E-state index is 13.0. The molecule has 0 radical (unpaired) electrons. The normalized spacial score (nSPS) is 10.0. The second-order valence-electron chi connectivity index (χ2n) is 5.29. The summed E-state index contributed by atoms with van der Waals surface area (Å²) in [5.41, 5.74) is 3.30. The van der Waals surface area contributed by atoms with Gasteiger partial charge in [-0.05, 0) is 41.0 Å². The van der Waals surface area contributed by atoms with Gasteiger partial charge in [0.1, 0.15) is 5.82 Å². The van der Waals surface area contributed by atoms with Crippen molar-refractivity contribution in [3.63, 3.8) is 0 Å². The molecular weight excluding hydrogens is 301 g/mol. The molecule has 0 heterocycles. The van der Waals surface area contributed by atoms with Gasteiger partial charge in [0.05, 0.1) is 0 Å². The number of halogens is 1. The minimum atomic E-state index is -0.335. The Morgan fingerprint density at radius 3 is 1.75 bits per heavy atom. The molecule has 0 aliphatic heterocycles. The minimum Gasteiger partial charge on any atom is -0.322 e. The predicted molar refractivity (Wildman–Crippen MR) is 95.0 cm³/mol. The molecule has 24 heavy (non-hydrogen) atoms. The molecular formula is C21H16FNO. The van der Waals surface area contributed by atoms with Crippen molar-refractivity contribution in [3.05, 3.63) is 108 Å². The highest BCUT2D eigenvalue weighted by atomic mass is 19.1. The molecule has 3 aromatic carbocycles. The summed E-state index contributed by atoms with van der Waals surface area (Å²) in [6.07, 6.45) is 1.56. The molecule has 0 atom stereocenters. The monoisotopic (exact) mass is 317 g/mol. The third-order valence-electron chi connectivity index (χ3n) is 3.56. The van der Waals surface area contributed by atoms with E-state index < -0.39 is 0 Å². The van der Waals surface area contributed by atoms with Crippen LogP contribution in [0.3, 0.4) is 0 Å². The van der Waals surface area contributed by atoms with Crippen molar-refractivity contribution >= 4 is 17.2 Å². The number of carbonyl (C=O) groups is 1. The second-order valence-corrected chi connectivity index (χ2v) is 5.29. The Kier molecular flexibility index (Phi) is 4.82. The van der Waals surface area contributed by atoms with E-state index in [4.69, 9.17) is 0 Å². The van der Waals surface area contributed by atoms with E-state index >= 15 is 0 Å². The summed E-state index contributed by atoms with van der Waals surface area (Å²) in [5, 5.41) is 2.76. The lowest BCUT2D eigenvalue weighted by atomic mass is 9.97. The molecule has 0 aromatic heterocycles. The Bertz CT molecular complexity index is 799. The number of hydrogen-bond donors (Lipinski definition) is 1. The van der Waals surface area contributed by atoms with E-state index in [2.05, 4.69) is 5.32 Å². The molecule has 0 aliphatic rings.